The summed E-state index contributed by atoms with van der Waals surface area (Å²) in [5.41, 5.74) is 2.82. The zero-order chi connectivity index (χ0) is 15.2. The van der Waals surface area contributed by atoms with Gasteiger partial charge in [0.25, 0.3) is 5.91 Å². The van der Waals surface area contributed by atoms with Gasteiger partial charge in [0.2, 0.25) is 0 Å². The van der Waals surface area contributed by atoms with E-state index < -0.39 is 11.7 Å². The van der Waals surface area contributed by atoms with Gasteiger partial charge >= 0.3 is 0 Å². The summed E-state index contributed by atoms with van der Waals surface area (Å²) >= 11 is 0. The van der Waals surface area contributed by atoms with Crippen LogP contribution >= 0.6 is 0 Å². The Morgan fingerprint density at radius 1 is 1.33 bits per heavy atom. The standard InChI is InChI=1S/C15H13FN2O3/c1-21-13-6-5-11(14(19)8-13)9-17-18-15(20)10-3-2-4-12(16)7-10/h2-9,19H,1H3,(H,18,20)/b17-9+. The molecule has 0 unspecified atom stereocenters. The molecule has 0 aromatic heterocycles. The fraction of sp³-hybridized carbons (Fsp3) is 0.0667. The lowest BCUT2D eigenvalue weighted by Crippen LogP contribution is -2.17. The van der Waals surface area contributed by atoms with E-state index in [2.05, 4.69) is 10.5 Å². The lowest BCUT2D eigenvalue weighted by atomic mass is 10.2. The molecule has 2 N–H and O–H groups in total. The molecule has 0 fully saturated rings. The van der Waals surface area contributed by atoms with Gasteiger partial charge in [-0.3, -0.25) is 4.79 Å². The van der Waals surface area contributed by atoms with Crippen molar-refractivity contribution in [2.45, 2.75) is 0 Å². The molecule has 0 aliphatic heterocycles. The van der Waals surface area contributed by atoms with Crippen molar-refractivity contribution in [3.05, 3.63) is 59.4 Å². The molecule has 21 heavy (non-hydrogen) atoms. The van der Waals surface area contributed by atoms with E-state index in [1.54, 1.807) is 12.1 Å². The fourth-order valence-corrected chi connectivity index (χ4v) is 1.61. The maximum atomic E-state index is 13.0. The maximum absolute atomic E-state index is 13.0. The Bertz CT molecular complexity index is 686. The van der Waals surface area contributed by atoms with Crippen molar-refractivity contribution < 1.29 is 19.0 Å². The number of hydrogen-bond donors (Lipinski definition) is 2. The number of hydrazone groups is 1. The van der Waals surface area contributed by atoms with Gasteiger partial charge < -0.3 is 9.84 Å². The summed E-state index contributed by atoms with van der Waals surface area (Å²) in [5, 5.41) is 13.4. The first-order chi connectivity index (χ1) is 10.1. The molecule has 0 bridgehead atoms. The van der Waals surface area contributed by atoms with Crippen molar-refractivity contribution in [2.24, 2.45) is 5.10 Å². The van der Waals surface area contributed by atoms with Crippen LogP contribution in [0.4, 0.5) is 4.39 Å². The van der Waals surface area contributed by atoms with Crippen molar-refractivity contribution in [1.82, 2.24) is 5.43 Å². The molecule has 0 aliphatic rings. The molecule has 2 rings (SSSR count). The number of halogens is 1. The maximum Gasteiger partial charge on any atom is 0.271 e. The van der Waals surface area contributed by atoms with Crippen LogP contribution in [0.15, 0.2) is 47.6 Å². The van der Waals surface area contributed by atoms with Gasteiger partial charge in [-0.05, 0) is 30.3 Å². The van der Waals surface area contributed by atoms with Gasteiger partial charge in [0, 0.05) is 17.2 Å². The Labute approximate surface area is 120 Å². The van der Waals surface area contributed by atoms with Crippen molar-refractivity contribution in [2.75, 3.05) is 7.11 Å². The minimum absolute atomic E-state index is 0.0295. The Morgan fingerprint density at radius 3 is 2.81 bits per heavy atom. The Kier molecular flexibility index (Phi) is 4.50. The number of nitrogens with zero attached hydrogens (tertiary/aromatic N) is 1. The highest BCUT2D eigenvalue weighted by Crippen LogP contribution is 2.21. The van der Waals surface area contributed by atoms with E-state index in [4.69, 9.17) is 4.74 Å². The predicted octanol–water partition coefficient (Wildman–Crippen LogP) is 2.30. The SMILES string of the molecule is COc1ccc(/C=N/NC(=O)c2cccc(F)c2)c(O)c1. The number of carbonyl (C=O) groups is 1. The van der Waals surface area contributed by atoms with Crippen LogP contribution in [-0.4, -0.2) is 24.3 Å². The van der Waals surface area contributed by atoms with Gasteiger partial charge in [-0.15, -0.1) is 0 Å². The quantitative estimate of drug-likeness (QED) is 0.670. The predicted molar refractivity (Wildman–Crippen MR) is 76.1 cm³/mol. The van der Waals surface area contributed by atoms with Crippen LogP contribution in [0.2, 0.25) is 0 Å². The highest BCUT2D eigenvalue weighted by Gasteiger charge is 2.05. The highest BCUT2D eigenvalue weighted by molar-refractivity contribution is 5.95. The Morgan fingerprint density at radius 2 is 2.14 bits per heavy atom. The summed E-state index contributed by atoms with van der Waals surface area (Å²) in [5.74, 6) is -0.565. The molecule has 108 valence electrons. The Balaban J connectivity index is 2.04. The molecule has 0 aliphatic carbocycles. The molecule has 6 heteroatoms. The summed E-state index contributed by atoms with van der Waals surface area (Å²) in [4.78, 5) is 11.7. The molecule has 0 heterocycles. The number of methoxy groups -OCH3 is 1. The van der Waals surface area contributed by atoms with Crippen molar-refractivity contribution in [3.8, 4) is 11.5 Å². The number of phenols is 1. The molecule has 2 aromatic carbocycles. The van der Waals surface area contributed by atoms with Gasteiger partial charge in [-0.1, -0.05) is 6.07 Å². The molecule has 1 amide bonds. The van der Waals surface area contributed by atoms with Gasteiger partial charge in [-0.25, -0.2) is 9.82 Å². The van der Waals surface area contributed by atoms with E-state index in [0.717, 1.165) is 6.07 Å². The number of nitrogens with one attached hydrogen (secondary N) is 1. The summed E-state index contributed by atoms with van der Waals surface area (Å²) in [6, 6.07) is 9.92. The number of phenolic OH excluding ortho intramolecular Hbond substituents is 1. The number of aromatic hydroxyl groups is 1. The van der Waals surface area contributed by atoms with Crippen LogP contribution in [-0.2, 0) is 0 Å². The first-order valence-corrected chi connectivity index (χ1v) is 6.06. The highest BCUT2D eigenvalue weighted by atomic mass is 19.1. The summed E-state index contributed by atoms with van der Waals surface area (Å²) in [6.07, 6.45) is 1.28. The number of carbonyl (C=O) groups excluding carboxylic acids is 1. The van der Waals surface area contributed by atoms with Crippen molar-refractivity contribution >= 4 is 12.1 Å². The molecule has 0 saturated heterocycles. The van der Waals surface area contributed by atoms with Gasteiger partial charge in [0.15, 0.2) is 0 Å². The van der Waals surface area contributed by atoms with Crippen LogP contribution in [0.1, 0.15) is 15.9 Å². The molecule has 0 saturated carbocycles. The largest absolute Gasteiger partial charge is 0.507 e. The number of hydrogen-bond acceptors (Lipinski definition) is 4. The minimum atomic E-state index is -0.543. The fourth-order valence-electron chi connectivity index (χ4n) is 1.61. The Hall–Kier alpha value is -2.89. The van der Waals surface area contributed by atoms with E-state index in [1.807, 2.05) is 0 Å². The van der Waals surface area contributed by atoms with Crippen molar-refractivity contribution in [1.29, 1.82) is 0 Å². The van der Waals surface area contributed by atoms with Crippen LogP contribution in [0.25, 0.3) is 0 Å². The molecule has 0 spiro atoms. The van der Waals surface area contributed by atoms with Gasteiger partial charge in [0.05, 0.1) is 13.3 Å². The number of amides is 1. The third-order valence-electron chi connectivity index (χ3n) is 2.69. The smallest absolute Gasteiger partial charge is 0.271 e. The third-order valence-corrected chi connectivity index (χ3v) is 2.69. The van der Waals surface area contributed by atoms with E-state index in [9.17, 15) is 14.3 Å². The second-order valence-electron chi connectivity index (χ2n) is 4.13. The second-order valence-corrected chi connectivity index (χ2v) is 4.13. The minimum Gasteiger partial charge on any atom is -0.507 e. The number of ether oxygens (including phenoxy) is 1. The zero-order valence-electron chi connectivity index (χ0n) is 11.2. The lowest BCUT2D eigenvalue weighted by Gasteiger charge is -2.03. The normalized spacial score (nSPS) is 10.6. The molecular formula is C15H13FN2O3. The third kappa shape index (κ3) is 3.79. The molecule has 0 atom stereocenters. The number of benzene rings is 2. The average Bonchev–Trinajstić information content (AvgIpc) is 2.48. The molecule has 0 radical (unpaired) electrons. The second kappa shape index (κ2) is 6.51. The van der Waals surface area contributed by atoms with Crippen LogP contribution in [0.5, 0.6) is 11.5 Å². The molecule has 2 aromatic rings. The topological polar surface area (TPSA) is 70.9 Å². The first kappa shape index (κ1) is 14.5. The van der Waals surface area contributed by atoms with Crippen LogP contribution in [0, 0.1) is 5.82 Å². The summed E-state index contributed by atoms with van der Waals surface area (Å²) in [7, 11) is 1.49. The van der Waals surface area contributed by atoms with Gasteiger partial charge in [0.1, 0.15) is 17.3 Å². The molecule has 5 nitrogen and oxygen atoms in total. The van der Waals surface area contributed by atoms with E-state index >= 15 is 0 Å². The van der Waals surface area contributed by atoms with Crippen LogP contribution in [0.3, 0.4) is 0 Å². The monoisotopic (exact) mass is 288 g/mol. The van der Waals surface area contributed by atoms with Crippen LogP contribution < -0.4 is 10.2 Å². The average molecular weight is 288 g/mol. The lowest BCUT2D eigenvalue weighted by molar-refractivity contribution is 0.0954. The van der Waals surface area contributed by atoms with Gasteiger partial charge in [-0.2, -0.15) is 5.10 Å². The van der Waals surface area contributed by atoms with Crippen molar-refractivity contribution in [3.63, 3.8) is 0 Å². The first-order valence-electron chi connectivity index (χ1n) is 6.06. The summed E-state index contributed by atoms with van der Waals surface area (Å²) in [6.45, 7) is 0. The zero-order valence-corrected chi connectivity index (χ0v) is 11.2. The summed E-state index contributed by atoms with van der Waals surface area (Å²) < 4.78 is 17.9. The number of rotatable bonds is 4. The van der Waals surface area contributed by atoms with E-state index in [0.29, 0.717) is 11.3 Å². The van der Waals surface area contributed by atoms with E-state index in [-0.39, 0.29) is 11.3 Å². The molecular weight excluding hydrogens is 275 g/mol. The van der Waals surface area contributed by atoms with E-state index in [1.165, 1.54) is 37.6 Å².